The number of nitrogens with one attached hydrogen (secondary N) is 1. The van der Waals surface area contributed by atoms with E-state index in [1.54, 1.807) is 24.5 Å². The van der Waals surface area contributed by atoms with Crippen molar-refractivity contribution in [2.24, 2.45) is 0 Å². The van der Waals surface area contributed by atoms with Crippen molar-refractivity contribution in [3.63, 3.8) is 0 Å². The summed E-state index contributed by atoms with van der Waals surface area (Å²) in [7, 11) is 0. The number of alkyl halides is 9. The molecule has 1 N–H and O–H groups in total. The minimum absolute atomic E-state index is 0.0811. The molecule has 0 bridgehead atoms. The van der Waals surface area contributed by atoms with Gasteiger partial charge in [0.25, 0.3) is 5.91 Å². The molecule has 4 heterocycles. The lowest BCUT2D eigenvalue weighted by Crippen LogP contribution is -2.33. The Hall–Kier alpha value is -5.96. The molecule has 22 heteroatoms. The average molecular weight is 777 g/mol. The summed E-state index contributed by atoms with van der Waals surface area (Å²) in [4.78, 5) is 59.8. The maximum Gasteiger partial charge on any atom is 0.491 e. The SMILES string of the molecule is CC(C)(C)c1c(OC(=O)C(F)(F)F)cc(C(=O)Nc2cn3nc(N4CCCC4c4cccnc4)ccc3n2)c(OC(=O)C(F)(F)F)c1OC(=O)C(F)(F)F. The van der Waals surface area contributed by atoms with Crippen molar-refractivity contribution in [3.05, 3.63) is 65.6 Å². The van der Waals surface area contributed by atoms with Gasteiger partial charge in [-0.05, 0) is 48.1 Å². The highest BCUT2D eigenvalue weighted by atomic mass is 19.4. The highest BCUT2D eigenvalue weighted by Crippen LogP contribution is 2.49. The second-order valence-corrected chi connectivity index (χ2v) is 12.6. The number of fused-ring (bicyclic) bond motifs is 1. The third kappa shape index (κ3) is 8.46. The Morgan fingerprint density at radius 3 is 2.02 bits per heavy atom. The van der Waals surface area contributed by atoms with Gasteiger partial charge in [-0.3, -0.25) is 9.78 Å². The maximum absolute atomic E-state index is 13.7. The van der Waals surface area contributed by atoms with E-state index in [0.29, 0.717) is 12.4 Å². The number of nitrogens with zero attached hydrogens (tertiary/aromatic N) is 5. The lowest BCUT2D eigenvalue weighted by molar-refractivity contribution is -0.192. The number of halogens is 9. The van der Waals surface area contributed by atoms with Crippen LogP contribution in [0.25, 0.3) is 5.65 Å². The third-order valence-corrected chi connectivity index (χ3v) is 7.64. The molecule has 3 aromatic heterocycles. The van der Waals surface area contributed by atoms with Gasteiger partial charge in [0.05, 0.1) is 17.8 Å². The second kappa shape index (κ2) is 14.1. The van der Waals surface area contributed by atoms with Crippen LogP contribution in [0.2, 0.25) is 0 Å². The quantitative estimate of drug-likeness (QED) is 0.126. The molecule has 1 aliphatic heterocycles. The van der Waals surface area contributed by atoms with Crippen LogP contribution >= 0.6 is 0 Å². The van der Waals surface area contributed by atoms with Crippen LogP contribution in [0.3, 0.4) is 0 Å². The zero-order valence-electron chi connectivity index (χ0n) is 27.8. The number of aromatic nitrogens is 4. The molecule has 1 aromatic carbocycles. The van der Waals surface area contributed by atoms with E-state index in [0.717, 1.165) is 45.4 Å². The van der Waals surface area contributed by atoms with E-state index < -0.39 is 82.0 Å². The Balaban J connectivity index is 1.62. The predicted octanol–water partition coefficient (Wildman–Crippen LogP) is 6.42. The van der Waals surface area contributed by atoms with Crippen LogP contribution < -0.4 is 24.4 Å². The van der Waals surface area contributed by atoms with Crippen molar-refractivity contribution in [3.8, 4) is 17.2 Å². The number of hydrogen-bond donors (Lipinski definition) is 1. The van der Waals surface area contributed by atoms with Crippen molar-refractivity contribution in [1.82, 2.24) is 19.6 Å². The number of esters is 3. The summed E-state index contributed by atoms with van der Waals surface area (Å²) in [5, 5.41) is 6.55. The van der Waals surface area contributed by atoms with Gasteiger partial charge in [-0.1, -0.05) is 26.8 Å². The largest absolute Gasteiger partial charge is 0.491 e. The number of imidazole rings is 1. The Bertz CT molecular complexity index is 2110. The summed E-state index contributed by atoms with van der Waals surface area (Å²) >= 11 is 0. The van der Waals surface area contributed by atoms with E-state index in [9.17, 15) is 58.7 Å². The van der Waals surface area contributed by atoms with Gasteiger partial charge in [-0.15, -0.1) is 5.10 Å². The minimum Gasteiger partial charge on any atom is -0.419 e. The molecule has 1 saturated heterocycles. The van der Waals surface area contributed by atoms with Gasteiger partial charge in [-0.25, -0.2) is 23.9 Å². The monoisotopic (exact) mass is 776 g/mol. The lowest BCUT2D eigenvalue weighted by atomic mass is 9.84. The van der Waals surface area contributed by atoms with Crippen molar-refractivity contribution >= 4 is 41.1 Å². The summed E-state index contributed by atoms with van der Waals surface area (Å²) in [6.07, 6.45) is -11.5. The molecule has 1 amide bonds. The number of carbonyl (C=O) groups excluding carboxylic acids is 4. The summed E-state index contributed by atoms with van der Waals surface area (Å²) in [5.41, 5.74) is -3.41. The van der Waals surface area contributed by atoms with Crippen LogP contribution in [0.1, 0.15) is 61.1 Å². The Morgan fingerprint density at radius 1 is 0.833 bits per heavy atom. The van der Waals surface area contributed by atoms with E-state index >= 15 is 0 Å². The first-order chi connectivity index (χ1) is 24.9. The molecule has 4 aromatic rings. The fraction of sp³-hybridized carbons (Fsp3) is 0.344. The van der Waals surface area contributed by atoms with E-state index in [2.05, 4.69) is 34.6 Å². The van der Waals surface area contributed by atoms with Gasteiger partial charge in [0.15, 0.2) is 23.0 Å². The van der Waals surface area contributed by atoms with Crippen LogP contribution in [-0.4, -0.2) is 68.5 Å². The summed E-state index contributed by atoms with van der Waals surface area (Å²) < 4.78 is 134. The van der Waals surface area contributed by atoms with Gasteiger partial charge >= 0.3 is 36.4 Å². The fourth-order valence-corrected chi connectivity index (χ4v) is 5.46. The van der Waals surface area contributed by atoms with E-state index in [4.69, 9.17) is 0 Å². The summed E-state index contributed by atoms with van der Waals surface area (Å²) in [6, 6.07) is 6.84. The molecule has 54 heavy (non-hydrogen) atoms. The fourth-order valence-electron chi connectivity index (χ4n) is 5.46. The molecule has 0 saturated carbocycles. The predicted molar refractivity (Wildman–Crippen MR) is 165 cm³/mol. The summed E-state index contributed by atoms with van der Waals surface area (Å²) in [5.74, 6) is -15.9. The molecule has 288 valence electrons. The maximum atomic E-state index is 13.7. The van der Waals surface area contributed by atoms with E-state index in [1.807, 2.05) is 11.0 Å². The van der Waals surface area contributed by atoms with Crippen LogP contribution in [0.4, 0.5) is 51.1 Å². The molecule has 0 radical (unpaired) electrons. The number of carbonyl (C=O) groups is 4. The first kappa shape index (κ1) is 39.3. The number of ether oxygens (including phenoxy) is 3. The molecule has 1 unspecified atom stereocenters. The number of pyridine rings is 1. The van der Waals surface area contributed by atoms with Crippen molar-refractivity contribution in [2.75, 3.05) is 16.8 Å². The number of rotatable bonds is 7. The number of amides is 1. The normalized spacial score (nSPS) is 15.3. The highest BCUT2D eigenvalue weighted by molar-refractivity contribution is 6.08. The lowest BCUT2D eigenvalue weighted by Gasteiger charge is -2.28. The van der Waals surface area contributed by atoms with Crippen molar-refractivity contribution in [1.29, 1.82) is 0 Å². The Labute approximate surface area is 297 Å². The number of benzene rings is 1. The topological polar surface area (TPSA) is 154 Å². The number of anilines is 2. The van der Waals surface area contributed by atoms with Crippen LogP contribution in [0.5, 0.6) is 17.2 Å². The minimum atomic E-state index is -5.89. The zero-order valence-corrected chi connectivity index (χ0v) is 27.8. The van der Waals surface area contributed by atoms with Crippen LogP contribution in [0.15, 0.2) is 48.9 Å². The average Bonchev–Trinajstić information content (AvgIpc) is 3.70. The van der Waals surface area contributed by atoms with Gasteiger partial charge in [-0.2, -0.15) is 39.5 Å². The van der Waals surface area contributed by atoms with Gasteiger partial charge < -0.3 is 24.4 Å². The molecular formula is C32H25F9N6O7. The third-order valence-electron chi connectivity index (χ3n) is 7.64. The molecular weight excluding hydrogens is 751 g/mol. The Morgan fingerprint density at radius 2 is 1.44 bits per heavy atom. The van der Waals surface area contributed by atoms with Gasteiger partial charge in [0, 0.05) is 24.5 Å². The second-order valence-electron chi connectivity index (χ2n) is 12.6. The van der Waals surface area contributed by atoms with E-state index in [-0.39, 0.29) is 17.8 Å². The van der Waals surface area contributed by atoms with Gasteiger partial charge in [0.1, 0.15) is 11.6 Å². The smallest absolute Gasteiger partial charge is 0.419 e. The Kier molecular flexibility index (Phi) is 10.3. The first-order valence-corrected chi connectivity index (χ1v) is 15.4. The van der Waals surface area contributed by atoms with E-state index in [1.165, 1.54) is 10.6 Å². The molecule has 1 aliphatic rings. The molecule has 1 atom stereocenters. The first-order valence-electron chi connectivity index (χ1n) is 15.4. The summed E-state index contributed by atoms with van der Waals surface area (Å²) in [6.45, 7) is 3.74. The van der Waals surface area contributed by atoms with Crippen LogP contribution in [0, 0.1) is 0 Å². The standard InChI is InChI=1S/C32H25F9N6O7/c1-29(2,3)22-18(52-26(49)30(33,34)35)12-16(23(53-27(50)31(36,37)38)24(22)54-28(51)32(39,40)41)25(48)44-19-14-47-20(43-19)8-9-21(45-47)46-11-5-7-17(46)15-6-4-10-42-13-15/h4,6,8-10,12-14,17H,5,7,11H2,1-3H3,(H,44,48). The van der Waals surface area contributed by atoms with Crippen molar-refractivity contribution < 1.29 is 72.9 Å². The number of hydrogen-bond acceptors (Lipinski definition) is 11. The molecule has 0 spiro atoms. The molecule has 13 nitrogen and oxygen atoms in total. The molecule has 0 aliphatic carbocycles. The molecule has 5 rings (SSSR count). The van der Waals surface area contributed by atoms with Gasteiger partial charge in [0.2, 0.25) is 0 Å². The van der Waals surface area contributed by atoms with Crippen molar-refractivity contribution in [2.45, 2.75) is 63.6 Å². The van der Waals surface area contributed by atoms with Crippen LogP contribution in [-0.2, 0) is 19.8 Å². The highest BCUT2D eigenvalue weighted by Gasteiger charge is 2.48. The molecule has 1 fully saturated rings. The zero-order chi connectivity index (χ0) is 40.0.